The lowest BCUT2D eigenvalue weighted by Gasteiger charge is -2.32. The maximum absolute atomic E-state index is 13.9. The molecule has 0 aliphatic rings. The number of unbranched alkanes of at least 4 members (excludes halogenated alkanes) is 1. The lowest BCUT2D eigenvalue weighted by atomic mass is 9.86. The Morgan fingerprint density at radius 3 is 2.10 bits per heavy atom. The Kier molecular flexibility index (Phi) is 11.4. The molecule has 4 nitrogen and oxygen atoms in total. The van der Waals surface area contributed by atoms with Gasteiger partial charge in [0.25, 0.3) is 0 Å². The highest BCUT2D eigenvalue weighted by molar-refractivity contribution is 6.36. The van der Waals surface area contributed by atoms with Crippen LogP contribution in [0.1, 0.15) is 69.2 Å². The van der Waals surface area contributed by atoms with E-state index in [1.165, 1.54) is 5.56 Å². The molecule has 0 saturated heterocycles. The summed E-state index contributed by atoms with van der Waals surface area (Å²) in [6.45, 7) is 9.34. The zero-order chi connectivity index (χ0) is 28.4. The minimum absolute atomic E-state index is 0.0646. The van der Waals surface area contributed by atoms with Gasteiger partial charge in [0, 0.05) is 41.5 Å². The molecule has 1 atom stereocenters. The molecule has 0 saturated carbocycles. The van der Waals surface area contributed by atoms with Crippen molar-refractivity contribution in [2.45, 2.75) is 77.8 Å². The molecular weight excluding hydrogens is 527 g/mol. The van der Waals surface area contributed by atoms with Crippen LogP contribution in [0.15, 0.2) is 72.8 Å². The van der Waals surface area contributed by atoms with Gasteiger partial charge in [0.2, 0.25) is 11.8 Å². The fourth-order valence-electron chi connectivity index (χ4n) is 4.48. The van der Waals surface area contributed by atoms with Gasteiger partial charge >= 0.3 is 0 Å². The first kappa shape index (κ1) is 30.7. The van der Waals surface area contributed by atoms with Crippen LogP contribution < -0.4 is 5.32 Å². The molecule has 6 heteroatoms. The van der Waals surface area contributed by atoms with E-state index in [4.69, 9.17) is 23.2 Å². The molecule has 2 amide bonds. The summed E-state index contributed by atoms with van der Waals surface area (Å²) >= 11 is 13.1. The van der Waals surface area contributed by atoms with E-state index in [2.05, 4.69) is 57.3 Å². The second-order valence-corrected chi connectivity index (χ2v) is 11.8. The van der Waals surface area contributed by atoms with Crippen molar-refractivity contribution >= 4 is 35.0 Å². The van der Waals surface area contributed by atoms with Gasteiger partial charge in [-0.15, -0.1) is 0 Å². The zero-order valence-corrected chi connectivity index (χ0v) is 25.0. The van der Waals surface area contributed by atoms with Crippen LogP contribution in [0, 0.1) is 0 Å². The summed E-state index contributed by atoms with van der Waals surface area (Å²) in [5, 5.41) is 4.00. The highest BCUT2D eigenvalue weighted by Crippen LogP contribution is 2.28. The van der Waals surface area contributed by atoms with Gasteiger partial charge in [0.15, 0.2) is 0 Å². The maximum Gasteiger partial charge on any atom is 0.243 e. The zero-order valence-electron chi connectivity index (χ0n) is 23.5. The first-order chi connectivity index (χ1) is 18.6. The predicted octanol–water partition coefficient (Wildman–Crippen LogP) is 7.78. The van der Waals surface area contributed by atoms with Crippen molar-refractivity contribution in [3.05, 3.63) is 105 Å². The van der Waals surface area contributed by atoms with E-state index in [0.29, 0.717) is 35.0 Å². The van der Waals surface area contributed by atoms with Crippen molar-refractivity contribution in [3.63, 3.8) is 0 Å². The number of carbonyl (C=O) groups excluding carboxylic acids is 2. The smallest absolute Gasteiger partial charge is 0.243 e. The van der Waals surface area contributed by atoms with Gasteiger partial charge < -0.3 is 10.2 Å². The number of hydrogen-bond donors (Lipinski definition) is 1. The molecule has 0 aliphatic heterocycles. The van der Waals surface area contributed by atoms with Crippen LogP contribution in [-0.4, -0.2) is 29.3 Å². The van der Waals surface area contributed by atoms with Gasteiger partial charge in [-0.25, -0.2) is 0 Å². The van der Waals surface area contributed by atoms with Crippen LogP contribution in [0.2, 0.25) is 10.0 Å². The van der Waals surface area contributed by atoms with E-state index in [9.17, 15) is 9.59 Å². The molecule has 3 rings (SSSR count). The minimum Gasteiger partial charge on any atom is -0.354 e. The number of benzene rings is 3. The van der Waals surface area contributed by atoms with E-state index in [-0.39, 0.29) is 30.2 Å². The molecule has 1 unspecified atom stereocenters. The van der Waals surface area contributed by atoms with Crippen LogP contribution in [0.4, 0.5) is 0 Å². The summed E-state index contributed by atoms with van der Waals surface area (Å²) in [4.78, 5) is 29.1. The van der Waals surface area contributed by atoms with Gasteiger partial charge in [-0.2, -0.15) is 0 Å². The second-order valence-electron chi connectivity index (χ2n) is 11.0. The first-order valence-corrected chi connectivity index (χ1v) is 14.5. The number of nitrogens with zero attached hydrogens (tertiary/aromatic N) is 1. The Bertz CT molecular complexity index is 1200. The molecule has 208 valence electrons. The number of aryl methyl sites for hydroxylation is 1. The first-order valence-electron chi connectivity index (χ1n) is 13.7. The molecule has 39 heavy (non-hydrogen) atoms. The van der Waals surface area contributed by atoms with Crippen molar-refractivity contribution in [1.29, 1.82) is 0 Å². The second kappa shape index (κ2) is 14.5. The molecule has 0 fully saturated rings. The number of nitrogens with one attached hydrogen (secondary N) is 1. The molecule has 1 N–H and O–H groups in total. The molecule has 0 aromatic heterocycles. The summed E-state index contributed by atoms with van der Waals surface area (Å²) in [5.74, 6) is -0.282. The quantitative estimate of drug-likeness (QED) is 0.227. The normalized spacial score (nSPS) is 12.2. The molecule has 3 aromatic carbocycles. The van der Waals surface area contributed by atoms with Gasteiger partial charge in [-0.05, 0) is 47.1 Å². The van der Waals surface area contributed by atoms with E-state index in [0.717, 1.165) is 24.0 Å². The largest absolute Gasteiger partial charge is 0.354 e. The van der Waals surface area contributed by atoms with Gasteiger partial charge in [-0.1, -0.05) is 118 Å². The fourth-order valence-corrected chi connectivity index (χ4v) is 5.00. The predicted molar refractivity (Wildman–Crippen MR) is 162 cm³/mol. The van der Waals surface area contributed by atoms with E-state index >= 15 is 0 Å². The lowest BCUT2D eigenvalue weighted by molar-refractivity contribution is -0.141. The topological polar surface area (TPSA) is 49.4 Å². The third kappa shape index (κ3) is 9.12. The van der Waals surface area contributed by atoms with E-state index in [1.807, 2.05) is 30.3 Å². The van der Waals surface area contributed by atoms with Gasteiger partial charge in [-0.3, -0.25) is 9.59 Å². The molecule has 0 spiro atoms. The maximum atomic E-state index is 13.9. The van der Waals surface area contributed by atoms with Gasteiger partial charge in [0.05, 0.1) is 0 Å². The number of halogens is 2. The SMILES string of the molecule is CCCCNC(=O)C(Cc1ccccc1)N(Cc1c(Cl)cccc1Cl)C(=O)CCc1ccc(C(C)(C)C)cc1. The molecule has 0 aliphatic carbocycles. The summed E-state index contributed by atoms with van der Waals surface area (Å²) in [6, 6.07) is 22.8. The standard InChI is InChI=1S/C33H40Cl2N2O2/c1-5-6-21-36-32(39)30(22-25-11-8-7-9-12-25)37(23-27-28(34)13-10-14-29(27)35)31(38)20-17-24-15-18-26(19-16-24)33(2,3)4/h7-16,18-19,30H,5-6,17,20-23H2,1-4H3,(H,36,39). The number of amides is 2. The van der Waals surface area contributed by atoms with Crippen molar-refractivity contribution < 1.29 is 9.59 Å². The number of rotatable bonds is 12. The van der Waals surface area contributed by atoms with Gasteiger partial charge in [0.1, 0.15) is 6.04 Å². The summed E-state index contributed by atoms with van der Waals surface area (Å²) in [5.41, 5.74) is 4.02. The molecule has 0 bridgehead atoms. The Labute approximate surface area is 243 Å². The third-order valence-corrected chi connectivity index (χ3v) is 7.65. The van der Waals surface area contributed by atoms with E-state index < -0.39 is 6.04 Å². The average molecular weight is 568 g/mol. The number of hydrogen-bond acceptors (Lipinski definition) is 2. The Balaban J connectivity index is 1.91. The molecule has 3 aromatic rings. The van der Waals surface area contributed by atoms with Crippen molar-refractivity contribution in [1.82, 2.24) is 10.2 Å². The summed E-state index contributed by atoms with van der Waals surface area (Å²) in [7, 11) is 0. The minimum atomic E-state index is -0.702. The Morgan fingerprint density at radius 1 is 0.872 bits per heavy atom. The Morgan fingerprint density at radius 2 is 1.51 bits per heavy atom. The van der Waals surface area contributed by atoms with Crippen LogP contribution in [0.3, 0.4) is 0 Å². The molecule has 0 heterocycles. The molecular formula is C33H40Cl2N2O2. The Hall–Kier alpha value is -2.82. The van der Waals surface area contributed by atoms with Crippen LogP contribution in [0.5, 0.6) is 0 Å². The van der Waals surface area contributed by atoms with E-state index in [1.54, 1.807) is 23.1 Å². The lowest BCUT2D eigenvalue weighted by Crippen LogP contribution is -2.50. The monoisotopic (exact) mass is 566 g/mol. The van der Waals surface area contributed by atoms with Crippen LogP contribution in [-0.2, 0) is 34.4 Å². The summed E-state index contributed by atoms with van der Waals surface area (Å²) in [6.07, 6.45) is 3.08. The fraction of sp³-hybridized carbons (Fsp3) is 0.394. The van der Waals surface area contributed by atoms with Crippen LogP contribution >= 0.6 is 23.2 Å². The average Bonchev–Trinajstić information content (AvgIpc) is 2.91. The highest BCUT2D eigenvalue weighted by atomic mass is 35.5. The number of carbonyl (C=O) groups is 2. The van der Waals surface area contributed by atoms with Crippen molar-refractivity contribution in [3.8, 4) is 0 Å². The third-order valence-electron chi connectivity index (χ3n) is 6.94. The van der Waals surface area contributed by atoms with Crippen LogP contribution in [0.25, 0.3) is 0 Å². The highest BCUT2D eigenvalue weighted by Gasteiger charge is 2.31. The van der Waals surface area contributed by atoms with Crippen molar-refractivity contribution in [2.75, 3.05) is 6.54 Å². The summed E-state index contributed by atoms with van der Waals surface area (Å²) < 4.78 is 0. The molecule has 0 radical (unpaired) electrons. The van der Waals surface area contributed by atoms with Crippen molar-refractivity contribution in [2.24, 2.45) is 0 Å².